The van der Waals surface area contributed by atoms with E-state index < -0.39 is 6.09 Å². The summed E-state index contributed by atoms with van der Waals surface area (Å²) in [4.78, 5) is 12.0. The van der Waals surface area contributed by atoms with E-state index in [4.69, 9.17) is 9.47 Å². The van der Waals surface area contributed by atoms with Gasteiger partial charge in [-0.2, -0.15) is 0 Å². The number of carbonyl (C=O) groups is 1. The average molecular weight is 387 g/mol. The maximum atomic E-state index is 12.0. The second-order valence-electron chi connectivity index (χ2n) is 7.35. The van der Waals surface area contributed by atoms with Gasteiger partial charge in [0.05, 0.1) is 0 Å². The van der Waals surface area contributed by atoms with Gasteiger partial charge in [-0.15, -0.1) is 0 Å². The number of benzene rings is 3. The van der Waals surface area contributed by atoms with Crippen molar-refractivity contribution < 1.29 is 14.3 Å². The molecule has 1 aliphatic rings. The number of hydrogen-bond donors (Lipinski definition) is 1. The normalized spacial score (nSPS) is 15.9. The number of carbonyl (C=O) groups excluding carboxylic acids is 1. The molecule has 1 N–H and O–H groups in total. The second-order valence-corrected chi connectivity index (χ2v) is 7.35. The maximum Gasteiger partial charge on any atom is 0.407 e. The van der Waals surface area contributed by atoms with E-state index in [1.165, 1.54) is 5.56 Å². The molecule has 0 saturated heterocycles. The molecule has 3 aromatic carbocycles. The number of rotatable bonds is 5. The minimum absolute atomic E-state index is 0.229. The number of nitrogens with one attached hydrogen (secondary N) is 1. The van der Waals surface area contributed by atoms with Crippen LogP contribution in [0.4, 0.5) is 4.79 Å². The van der Waals surface area contributed by atoms with Gasteiger partial charge < -0.3 is 14.8 Å². The molecule has 4 nitrogen and oxygen atoms in total. The van der Waals surface area contributed by atoms with E-state index in [1.807, 2.05) is 42.5 Å². The molecule has 4 rings (SSSR count). The highest BCUT2D eigenvalue weighted by Gasteiger charge is 2.34. The van der Waals surface area contributed by atoms with Crippen LogP contribution in [0.1, 0.15) is 16.7 Å². The zero-order chi connectivity index (χ0) is 20.2. The van der Waals surface area contributed by atoms with Crippen molar-refractivity contribution in [3.63, 3.8) is 0 Å². The molecule has 1 aliphatic heterocycles. The molecule has 0 aromatic heterocycles. The number of alkyl carbamates (subject to hydrolysis) is 1. The molecule has 2 unspecified atom stereocenters. The molecule has 0 fully saturated rings. The summed E-state index contributed by atoms with van der Waals surface area (Å²) < 4.78 is 12.1. The van der Waals surface area contributed by atoms with E-state index in [2.05, 4.69) is 42.6 Å². The van der Waals surface area contributed by atoms with Gasteiger partial charge in [-0.05, 0) is 29.2 Å². The average Bonchev–Trinajstić information content (AvgIpc) is 3.19. The van der Waals surface area contributed by atoms with E-state index in [1.54, 1.807) is 7.05 Å². The Morgan fingerprint density at radius 1 is 1.03 bits per heavy atom. The van der Waals surface area contributed by atoms with Crippen LogP contribution in [-0.4, -0.2) is 25.3 Å². The number of hydrogen-bond acceptors (Lipinski definition) is 3. The van der Waals surface area contributed by atoms with Gasteiger partial charge in [0, 0.05) is 25.5 Å². The van der Waals surface area contributed by atoms with Crippen molar-refractivity contribution in [1.82, 2.24) is 5.32 Å². The summed E-state index contributed by atoms with van der Waals surface area (Å²) in [6.45, 7) is 2.11. The van der Waals surface area contributed by atoms with Crippen LogP contribution in [0.2, 0.25) is 0 Å². The highest BCUT2D eigenvalue weighted by molar-refractivity contribution is 5.75. The van der Waals surface area contributed by atoms with Gasteiger partial charge in [-0.3, -0.25) is 0 Å². The quantitative estimate of drug-likeness (QED) is 0.675. The Morgan fingerprint density at radius 2 is 1.76 bits per heavy atom. The van der Waals surface area contributed by atoms with E-state index in [0.29, 0.717) is 12.8 Å². The number of ether oxygens (including phenoxy) is 2. The number of amides is 1. The van der Waals surface area contributed by atoms with Gasteiger partial charge in [0.15, 0.2) is 0 Å². The SMILES string of the molecule is CNC(=O)OC(Cc1ccccc1)C1Cc2cccc(-c3ccccc3C)c2O1. The third-order valence-corrected chi connectivity index (χ3v) is 5.38. The fraction of sp³-hybridized carbons (Fsp3) is 0.240. The second kappa shape index (κ2) is 8.39. The molecule has 0 bridgehead atoms. The molecule has 3 aromatic rings. The van der Waals surface area contributed by atoms with E-state index in [0.717, 1.165) is 28.0 Å². The minimum atomic E-state index is -0.440. The van der Waals surface area contributed by atoms with Gasteiger partial charge in [-0.25, -0.2) is 4.79 Å². The Balaban J connectivity index is 1.63. The molecule has 0 radical (unpaired) electrons. The summed E-state index contributed by atoms with van der Waals surface area (Å²) in [7, 11) is 1.57. The van der Waals surface area contributed by atoms with E-state index in [9.17, 15) is 4.79 Å². The van der Waals surface area contributed by atoms with E-state index >= 15 is 0 Å². The molecule has 148 valence electrons. The molecular formula is C25H25NO3. The van der Waals surface area contributed by atoms with Crippen molar-refractivity contribution in [2.24, 2.45) is 0 Å². The molecular weight excluding hydrogens is 362 g/mol. The molecule has 0 spiro atoms. The van der Waals surface area contributed by atoms with Crippen LogP contribution in [0.25, 0.3) is 11.1 Å². The zero-order valence-electron chi connectivity index (χ0n) is 16.7. The van der Waals surface area contributed by atoms with Crippen molar-refractivity contribution in [2.75, 3.05) is 7.05 Å². The largest absolute Gasteiger partial charge is 0.485 e. The highest BCUT2D eigenvalue weighted by atomic mass is 16.6. The lowest BCUT2D eigenvalue weighted by Crippen LogP contribution is -2.38. The molecule has 0 saturated carbocycles. The monoisotopic (exact) mass is 387 g/mol. The first-order valence-electron chi connectivity index (χ1n) is 9.92. The molecule has 4 heteroatoms. The van der Waals surface area contributed by atoms with Crippen LogP contribution in [0, 0.1) is 6.92 Å². The summed E-state index contributed by atoms with van der Waals surface area (Å²) in [6.07, 6.45) is 0.266. The van der Waals surface area contributed by atoms with Crippen LogP contribution in [-0.2, 0) is 17.6 Å². The van der Waals surface area contributed by atoms with Crippen LogP contribution >= 0.6 is 0 Å². The predicted molar refractivity (Wildman–Crippen MR) is 114 cm³/mol. The Morgan fingerprint density at radius 3 is 2.52 bits per heavy atom. The standard InChI is InChI=1S/C25H25NO3/c1-17-9-6-7-13-20(17)21-14-8-12-19-16-23(28-24(19)21)22(29-25(27)26-2)15-18-10-4-3-5-11-18/h3-14,22-23H,15-16H2,1-2H3,(H,26,27). The minimum Gasteiger partial charge on any atom is -0.485 e. The van der Waals surface area contributed by atoms with Crippen molar-refractivity contribution in [3.8, 4) is 16.9 Å². The molecule has 2 atom stereocenters. The lowest BCUT2D eigenvalue weighted by Gasteiger charge is -2.24. The lowest BCUT2D eigenvalue weighted by molar-refractivity contribution is 0.0271. The Labute approximate surface area is 171 Å². The third-order valence-electron chi connectivity index (χ3n) is 5.38. The van der Waals surface area contributed by atoms with Crippen molar-refractivity contribution >= 4 is 6.09 Å². The van der Waals surface area contributed by atoms with Gasteiger partial charge in [0.25, 0.3) is 0 Å². The van der Waals surface area contributed by atoms with Gasteiger partial charge in [0.2, 0.25) is 0 Å². The lowest BCUT2D eigenvalue weighted by atomic mass is 9.96. The molecule has 29 heavy (non-hydrogen) atoms. The van der Waals surface area contributed by atoms with Crippen molar-refractivity contribution in [2.45, 2.75) is 32.0 Å². The molecule has 0 aliphatic carbocycles. The predicted octanol–water partition coefficient (Wildman–Crippen LogP) is 4.93. The smallest absolute Gasteiger partial charge is 0.407 e. The summed E-state index contributed by atoms with van der Waals surface area (Å²) in [5.41, 5.74) is 5.71. The Bertz CT molecular complexity index is 1000. The topological polar surface area (TPSA) is 47.6 Å². The fourth-order valence-corrected chi connectivity index (χ4v) is 3.88. The van der Waals surface area contributed by atoms with Gasteiger partial charge >= 0.3 is 6.09 Å². The van der Waals surface area contributed by atoms with E-state index in [-0.39, 0.29) is 12.2 Å². The summed E-state index contributed by atoms with van der Waals surface area (Å²) >= 11 is 0. The Kier molecular flexibility index (Phi) is 5.52. The van der Waals surface area contributed by atoms with Crippen LogP contribution < -0.4 is 10.1 Å². The highest BCUT2D eigenvalue weighted by Crippen LogP contribution is 2.41. The number of para-hydroxylation sites is 1. The maximum absolute atomic E-state index is 12.0. The Hall–Kier alpha value is -3.27. The number of aryl methyl sites for hydroxylation is 1. The summed E-state index contributed by atoms with van der Waals surface area (Å²) in [6, 6.07) is 24.6. The number of fused-ring (bicyclic) bond motifs is 1. The van der Waals surface area contributed by atoms with Crippen LogP contribution in [0.3, 0.4) is 0 Å². The first-order valence-corrected chi connectivity index (χ1v) is 9.92. The van der Waals surface area contributed by atoms with Gasteiger partial charge in [-0.1, -0.05) is 72.8 Å². The van der Waals surface area contributed by atoms with Crippen LogP contribution in [0.15, 0.2) is 72.8 Å². The zero-order valence-corrected chi connectivity index (χ0v) is 16.7. The fourth-order valence-electron chi connectivity index (χ4n) is 3.88. The van der Waals surface area contributed by atoms with Gasteiger partial charge in [0.1, 0.15) is 18.0 Å². The van der Waals surface area contributed by atoms with Crippen LogP contribution in [0.5, 0.6) is 5.75 Å². The first kappa shape index (κ1) is 19.1. The first-order chi connectivity index (χ1) is 14.2. The van der Waals surface area contributed by atoms with Crippen molar-refractivity contribution in [1.29, 1.82) is 0 Å². The van der Waals surface area contributed by atoms with Crippen molar-refractivity contribution in [3.05, 3.63) is 89.5 Å². The summed E-state index contributed by atoms with van der Waals surface area (Å²) in [5.74, 6) is 0.894. The third kappa shape index (κ3) is 4.11. The molecule has 1 heterocycles. The molecule has 1 amide bonds. The summed E-state index contributed by atoms with van der Waals surface area (Å²) in [5, 5.41) is 2.55.